The normalized spacial score (nSPS) is 14.5. The second-order valence-corrected chi connectivity index (χ2v) is 8.10. The van der Waals surface area contributed by atoms with E-state index >= 15 is 0 Å². The Labute approximate surface area is 193 Å². The molecule has 7 nitrogen and oxygen atoms in total. The summed E-state index contributed by atoms with van der Waals surface area (Å²) in [6.45, 7) is 9.23. The van der Waals surface area contributed by atoms with Gasteiger partial charge in [0.1, 0.15) is 5.69 Å². The Morgan fingerprint density at radius 1 is 0.935 bits per heavy atom. The highest BCUT2D eigenvalue weighted by Gasteiger charge is 2.43. The smallest absolute Gasteiger partial charge is 0.275 e. The molecule has 0 N–H and O–H groups in total. The quantitative estimate of drug-likeness (QED) is 0.568. The molecule has 1 amide bonds. The van der Waals surface area contributed by atoms with Crippen LogP contribution in [-0.2, 0) is 6.42 Å². The standard InChI is InChI=1S/C13H16ClN3O.C7H7ClN2O.C2H6/c1-2-8-7-11(14)15-16-12(8)13(18)17(9-3-4-9)10-5-6-10;1-4-3-6(8)9-10-7(4)5(2)11;1-2/h7,9-10H,2-6H2,1H3;3H,1-2H3;1-2H3. The van der Waals surface area contributed by atoms with Crippen LogP contribution in [0.3, 0.4) is 0 Å². The van der Waals surface area contributed by atoms with E-state index in [-0.39, 0.29) is 11.7 Å². The van der Waals surface area contributed by atoms with Crippen molar-refractivity contribution in [2.24, 2.45) is 0 Å². The lowest BCUT2D eigenvalue weighted by molar-refractivity contribution is 0.0721. The lowest BCUT2D eigenvalue weighted by Gasteiger charge is -2.22. The van der Waals surface area contributed by atoms with E-state index in [4.69, 9.17) is 23.2 Å². The third-order valence-corrected chi connectivity index (χ3v) is 5.20. The van der Waals surface area contributed by atoms with Crippen LogP contribution in [0.1, 0.15) is 85.5 Å². The van der Waals surface area contributed by atoms with E-state index < -0.39 is 0 Å². The van der Waals surface area contributed by atoms with Crippen molar-refractivity contribution in [3.63, 3.8) is 0 Å². The predicted octanol–water partition coefficient (Wildman–Crippen LogP) is 5.13. The molecule has 31 heavy (non-hydrogen) atoms. The second kappa shape index (κ2) is 11.5. The first-order valence-corrected chi connectivity index (χ1v) is 11.4. The number of aryl methyl sites for hydroxylation is 2. The van der Waals surface area contributed by atoms with Gasteiger partial charge in [-0.2, -0.15) is 0 Å². The van der Waals surface area contributed by atoms with Gasteiger partial charge in [0.15, 0.2) is 21.8 Å². The number of halogens is 2. The maximum atomic E-state index is 12.6. The van der Waals surface area contributed by atoms with E-state index in [0.717, 1.165) is 43.2 Å². The Balaban J connectivity index is 0.000000226. The average Bonchev–Trinajstić information content (AvgIpc) is 3.65. The van der Waals surface area contributed by atoms with Crippen LogP contribution in [0.4, 0.5) is 0 Å². The average molecular weight is 466 g/mol. The lowest BCUT2D eigenvalue weighted by atomic mass is 10.1. The van der Waals surface area contributed by atoms with Crippen molar-refractivity contribution in [2.75, 3.05) is 0 Å². The molecule has 2 heterocycles. The summed E-state index contributed by atoms with van der Waals surface area (Å²) in [7, 11) is 0. The molecular weight excluding hydrogens is 437 g/mol. The van der Waals surface area contributed by atoms with Gasteiger partial charge in [0.2, 0.25) is 0 Å². The molecule has 2 aliphatic carbocycles. The highest BCUT2D eigenvalue weighted by molar-refractivity contribution is 6.29. The minimum absolute atomic E-state index is 0.0426. The molecule has 2 fully saturated rings. The minimum Gasteiger partial charge on any atom is -0.331 e. The Kier molecular flexibility index (Phi) is 9.32. The van der Waals surface area contributed by atoms with E-state index in [2.05, 4.69) is 20.4 Å². The van der Waals surface area contributed by atoms with Crippen LogP contribution in [0.2, 0.25) is 10.3 Å². The summed E-state index contributed by atoms with van der Waals surface area (Å²) in [4.78, 5) is 25.4. The number of amides is 1. The number of hydrogen-bond acceptors (Lipinski definition) is 6. The molecule has 0 bridgehead atoms. The molecule has 4 rings (SSSR count). The van der Waals surface area contributed by atoms with Crippen molar-refractivity contribution in [3.05, 3.63) is 45.0 Å². The van der Waals surface area contributed by atoms with Gasteiger partial charge in [0.05, 0.1) is 0 Å². The van der Waals surface area contributed by atoms with Gasteiger partial charge in [-0.25, -0.2) is 0 Å². The molecular formula is C22H29Cl2N5O2. The van der Waals surface area contributed by atoms with Crippen LogP contribution in [-0.4, -0.2) is 49.1 Å². The molecule has 0 saturated heterocycles. The predicted molar refractivity (Wildman–Crippen MR) is 122 cm³/mol. The summed E-state index contributed by atoms with van der Waals surface area (Å²) in [5.41, 5.74) is 2.53. The fraction of sp³-hybridized carbons (Fsp3) is 0.545. The van der Waals surface area contributed by atoms with E-state index in [1.54, 1.807) is 19.1 Å². The maximum absolute atomic E-state index is 12.6. The summed E-state index contributed by atoms with van der Waals surface area (Å²) in [6, 6.07) is 4.24. The van der Waals surface area contributed by atoms with Crippen molar-refractivity contribution in [3.8, 4) is 0 Å². The van der Waals surface area contributed by atoms with Gasteiger partial charge in [-0.05, 0) is 62.3 Å². The summed E-state index contributed by atoms with van der Waals surface area (Å²) in [6.07, 6.45) is 5.27. The van der Waals surface area contributed by atoms with Crippen LogP contribution in [0, 0.1) is 6.92 Å². The van der Waals surface area contributed by atoms with Crippen LogP contribution in [0.25, 0.3) is 0 Å². The number of hydrogen-bond donors (Lipinski definition) is 0. The van der Waals surface area contributed by atoms with Crippen molar-refractivity contribution >= 4 is 34.9 Å². The molecule has 2 aliphatic rings. The first kappa shape index (κ1) is 25.1. The number of nitrogens with zero attached hydrogens (tertiary/aromatic N) is 5. The van der Waals surface area contributed by atoms with Gasteiger partial charge in [0.25, 0.3) is 5.91 Å². The zero-order valence-corrected chi connectivity index (χ0v) is 20.2. The molecule has 168 valence electrons. The van der Waals surface area contributed by atoms with Crippen LogP contribution >= 0.6 is 23.2 Å². The van der Waals surface area contributed by atoms with Crippen LogP contribution in [0.15, 0.2) is 12.1 Å². The van der Waals surface area contributed by atoms with Gasteiger partial charge in [-0.15, -0.1) is 20.4 Å². The maximum Gasteiger partial charge on any atom is 0.275 e. The SMILES string of the molecule is CC.CC(=O)c1nnc(Cl)cc1C.CCc1cc(Cl)nnc1C(=O)N(C1CC1)C1CC1. The topological polar surface area (TPSA) is 88.9 Å². The Morgan fingerprint density at radius 3 is 1.84 bits per heavy atom. The molecule has 2 saturated carbocycles. The lowest BCUT2D eigenvalue weighted by Crippen LogP contribution is -2.36. The van der Waals surface area contributed by atoms with Gasteiger partial charge >= 0.3 is 0 Å². The van der Waals surface area contributed by atoms with Crippen LogP contribution in [0.5, 0.6) is 0 Å². The van der Waals surface area contributed by atoms with Crippen molar-refractivity contribution in [1.82, 2.24) is 25.3 Å². The summed E-state index contributed by atoms with van der Waals surface area (Å²) >= 11 is 11.4. The number of carbonyl (C=O) groups excluding carboxylic acids is 2. The Bertz CT molecular complexity index is 918. The molecule has 0 radical (unpaired) electrons. The van der Waals surface area contributed by atoms with E-state index in [1.807, 2.05) is 25.7 Å². The molecule has 0 unspecified atom stereocenters. The van der Waals surface area contributed by atoms with Crippen LogP contribution < -0.4 is 0 Å². The van der Waals surface area contributed by atoms with E-state index in [9.17, 15) is 9.59 Å². The molecule has 0 aliphatic heterocycles. The van der Waals surface area contributed by atoms with Gasteiger partial charge in [-0.1, -0.05) is 44.0 Å². The fourth-order valence-corrected chi connectivity index (χ4v) is 3.48. The van der Waals surface area contributed by atoms with Gasteiger partial charge in [-0.3, -0.25) is 9.59 Å². The van der Waals surface area contributed by atoms with Crippen molar-refractivity contribution in [2.45, 2.75) is 78.8 Å². The number of carbonyl (C=O) groups is 2. The third-order valence-electron chi connectivity index (χ3n) is 4.83. The number of aromatic nitrogens is 4. The van der Waals surface area contributed by atoms with Gasteiger partial charge in [0, 0.05) is 19.0 Å². The molecule has 2 aromatic heterocycles. The first-order valence-electron chi connectivity index (χ1n) is 10.7. The minimum atomic E-state index is -0.0910. The highest BCUT2D eigenvalue weighted by atomic mass is 35.5. The zero-order valence-electron chi connectivity index (χ0n) is 18.7. The molecule has 0 spiro atoms. The van der Waals surface area contributed by atoms with Crippen molar-refractivity contribution in [1.29, 1.82) is 0 Å². The fourth-order valence-electron chi connectivity index (χ4n) is 3.11. The number of ketones is 1. The first-order chi connectivity index (χ1) is 14.8. The largest absolute Gasteiger partial charge is 0.331 e. The second-order valence-electron chi connectivity index (χ2n) is 7.32. The van der Waals surface area contributed by atoms with Gasteiger partial charge < -0.3 is 4.90 Å². The summed E-state index contributed by atoms with van der Waals surface area (Å²) in [5, 5.41) is 15.7. The summed E-state index contributed by atoms with van der Waals surface area (Å²) in [5.74, 6) is -0.0484. The monoisotopic (exact) mass is 465 g/mol. The highest BCUT2D eigenvalue weighted by Crippen LogP contribution is 2.38. The Morgan fingerprint density at radius 2 is 1.42 bits per heavy atom. The summed E-state index contributed by atoms with van der Waals surface area (Å²) < 4.78 is 0. The molecule has 0 atom stereocenters. The van der Waals surface area contributed by atoms with E-state index in [0.29, 0.717) is 33.8 Å². The van der Waals surface area contributed by atoms with Crippen molar-refractivity contribution < 1.29 is 9.59 Å². The number of rotatable bonds is 5. The number of Topliss-reactive ketones (excluding diaryl/α,β-unsaturated/α-hetero) is 1. The molecule has 0 aromatic carbocycles. The zero-order chi connectivity index (χ0) is 23.1. The Hall–Kier alpha value is -2.12. The third kappa shape index (κ3) is 6.94. The molecule has 9 heteroatoms. The molecule has 2 aromatic rings. The van der Waals surface area contributed by atoms with E-state index in [1.165, 1.54) is 6.92 Å².